The van der Waals surface area contributed by atoms with Gasteiger partial charge in [0.05, 0.1) is 5.69 Å². The molecule has 1 amide bonds. The minimum absolute atomic E-state index is 0.269. The van der Waals surface area contributed by atoms with E-state index >= 15 is 0 Å². The average molecular weight is 285 g/mol. The van der Waals surface area contributed by atoms with Crippen molar-refractivity contribution in [1.82, 2.24) is 15.1 Å². The molecule has 1 aliphatic heterocycles. The molecular weight excluding hydrogens is 271 g/mol. The smallest absolute Gasteiger partial charge is 0.344 e. The molecule has 1 aromatic heterocycles. The zero-order valence-corrected chi connectivity index (χ0v) is 10.7. The van der Waals surface area contributed by atoms with Crippen molar-refractivity contribution >= 4 is 6.41 Å². The molecule has 0 bridgehead atoms. The van der Waals surface area contributed by atoms with Crippen LogP contribution in [0.2, 0.25) is 0 Å². The Bertz CT molecular complexity index is 501. The van der Waals surface area contributed by atoms with E-state index in [0.717, 1.165) is 38.4 Å². The summed E-state index contributed by atoms with van der Waals surface area (Å²) in [7, 11) is 0. The third-order valence-corrected chi connectivity index (χ3v) is 4.18. The number of carbonyl (C=O) groups is 1. The van der Waals surface area contributed by atoms with Crippen LogP contribution in [0.1, 0.15) is 24.2 Å². The second kappa shape index (κ2) is 4.43. The summed E-state index contributed by atoms with van der Waals surface area (Å²) in [4.78, 5) is 12.3. The zero-order chi connectivity index (χ0) is 14.4. The highest BCUT2D eigenvalue weighted by molar-refractivity contribution is 5.49. The van der Waals surface area contributed by atoms with Gasteiger partial charge >= 0.3 is 6.18 Å². The van der Waals surface area contributed by atoms with Crippen molar-refractivity contribution in [3.05, 3.63) is 23.5 Å². The Morgan fingerprint density at radius 2 is 2.00 bits per heavy atom. The highest BCUT2D eigenvalue weighted by Gasteiger charge is 2.51. The third-order valence-electron chi connectivity index (χ3n) is 4.18. The van der Waals surface area contributed by atoms with E-state index < -0.39 is 11.9 Å². The second-order valence-electron chi connectivity index (χ2n) is 5.90. The lowest BCUT2D eigenvalue weighted by molar-refractivity contribution is -0.142. The summed E-state index contributed by atoms with van der Waals surface area (Å²) in [6.45, 7) is 1.62. The van der Waals surface area contributed by atoms with Gasteiger partial charge in [0.15, 0.2) is 5.69 Å². The van der Waals surface area contributed by atoms with Crippen LogP contribution in [0.15, 0.2) is 12.1 Å². The number of halogens is 3. The van der Waals surface area contributed by atoms with Gasteiger partial charge in [0.25, 0.3) is 0 Å². The van der Waals surface area contributed by atoms with Crippen LogP contribution >= 0.6 is 0 Å². The molecule has 0 radical (unpaired) electrons. The predicted molar refractivity (Wildman–Crippen MR) is 63.5 cm³/mol. The molecule has 1 spiro atoms. The molecule has 108 valence electrons. The maximum absolute atomic E-state index is 12.3. The van der Waals surface area contributed by atoms with E-state index in [1.165, 1.54) is 6.07 Å². The van der Waals surface area contributed by atoms with Gasteiger partial charge < -0.3 is 4.90 Å². The van der Waals surface area contributed by atoms with E-state index in [2.05, 4.69) is 10.2 Å². The molecule has 1 saturated carbocycles. The molecule has 1 aliphatic carbocycles. The van der Waals surface area contributed by atoms with Gasteiger partial charge in [0.1, 0.15) is 0 Å². The van der Waals surface area contributed by atoms with E-state index in [1.807, 2.05) is 0 Å². The van der Waals surface area contributed by atoms with Crippen molar-refractivity contribution in [2.45, 2.75) is 25.4 Å². The Hall–Kier alpha value is -1.66. The lowest BCUT2D eigenvalue weighted by Crippen LogP contribution is -2.61. The summed E-state index contributed by atoms with van der Waals surface area (Å²) in [6.07, 6.45) is -0.885. The lowest BCUT2D eigenvalue weighted by Gasteiger charge is -2.58. The standard InChI is InChI=1S/C13H14F3N3O/c14-13(15,16)11-2-1-10(17-18-11)3-9-4-12(5-9)6-19(7-12)8-20/h1-2,8-9H,3-7H2. The molecule has 7 heteroatoms. The maximum atomic E-state index is 12.3. The van der Waals surface area contributed by atoms with Crippen molar-refractivity contribution < 1.29 is 18.0 Å². The maximum Gasteiger partial charge on any atom is 0.435 e. The van der Waals surface area contributed by atoms with E-state index in [4.69, 9.17) is 0 Å². The van der Waals surface area contributed by atoms with Crippen LogP contribution < -0.4 is 0 Å². The molecule has 0 atom stereocenters. The van der Waals surface area contributed by atoms with Crippen molar-refractivity contribution in [2.75, 3.05) is 13.1 Å². The summed E-state index contributed by atoms with van der Waals surface area (Å²) in [5.41, 5.74) is -0.0818. The van der Waals surface area contributed by atoms with Gasteiger partial charge in [-0.1, -0.05) is 0 Å². The van der Waals surface area contributed by atoms with Gasteiger partial charge in [-0.25, -0.2) is 0 Å². The number of rotatable bonds is 3. The molecule has 0 unspecified atom stereocenters. The van der Waals surface area contributed by atoms with Crippen LogP contribution in [0, 0.1) is 11.3 Å². The second-order valence-corrected chi connectivity index (χ2v) is 5.90. The summed E-state index contributed by atoms with van der Waals surface area (Å²) < 4.78 is 37.0. The van der Waals surface area contributed by atoms with E-state index in [9.17, 15) is 18.0 Å². The summed E-state index contributed by atoms with van der Waals surface area (Å²) >= 11 is 0. The first-order valence-electron chi connectivity index (χ1n) is 6.49. The van der Waals surface area contributed by atoms with E-state index in [0.29, 0.717) is 18.0 Å². The highest BCUT2D eigenvalue weighted by Crippen LogP contribution is 2.52. The molecular formula is C13H14F3N3O. The molecule has 1 saturated heterocycles. The first-order valence-corrected chi connectivity index (χ1v) is 6.49. The topological polar surface area (TPSA) is 46.1 Å². The number of hydrogen-bond acceptors (Lipinski definition) is 3. The van der Waals surface area contributed by atoms with E-state index in [-0.39, 0.29) is 5.41 Å². The quantitative estimate of drug-likeness (QED) is 0.797. The van der Waals surface area contributed by atoms with Gasteiger partial charge in [-0.05, 0) is 37.3 Å². The first kappa shape index (κ1) is 13.3. The highest BCUT2D eigenvalue weighted by atomic mass is 19.4. The summed E-state index contributed by atoms with van der Waals surface area (Å²) in [5, 5.41) is 6.88. The number of aromatic nitrogens is 2. The number of nitrogens with zero attached hydrogens (tertiary/aromatic N) is 3. The van der Waals surface area contributed by atoms with Crippen molar-refractivity contribution in [1.29, 1.82) is 0 Å². The van der Waals surface area contributed by atoms with Crippen LogP contribution in [0.4, 0.5) is 13.2 Å². The normalized spacial score (nSPS) is 21.4. The minimum atomic E-state index is -4.43. The van der Waals surface area contributed by atoms with Crippen LogP contribution in [0.5, 0.6) is 0 Å². The predicted octanol–water partition coefficient (Wildman–Crippen LogP) is 1.91. The Balaban J connectivity index is 1.52. The number of amides is 1. The Morgan fingerprint density at radius 1 is 1.30 bits per heavy atom. The summed E-state index contributed by atoms with van der Waals surface area (Å²) in [5.74, 6) is 0.440. The van der Waals surface area contributed by atoms with Gasteiger partial charge in [-0.3, -0.25) is 4.79 Å². The largest absolute Gasteiger partial charge is 0.435 e. The Kier molecular flexibility index (Phi) is 2.95. The van der Waals surface area contributed by atoms with Crippen molar-refractivity contribution in [3.8, 4) is 0 Å². The zero-order valence-electron chi connectivity index (χ0n) is 10.7. The average Bonchev–Trinajstić information content (AvgIpc) is 2.30. The number of alkyl halides is 3. The van der Waals surface area contributed by atoms with Gasteiger partial charge in [0, 0.05) is 18.5 Å². The number of carbonyl (C=O) groups excluding carboxylic acids is 1. The van der Waals surface area contributed by atoms with Crippen LogP contribution in [-0.4, -0.2) is 34.6 Å². The summed E-state index contributed by atoms with van der Waals surface area (Å²) in [6, 6.07) is 2.38. The van der Waals surface area contributed by atoms with Gasteiger partial charge in [-0.2, -0.15) is 18.3 Å². The fourth-order valence-corrected chi connectivity index (χ4v) is 3.37. The molecule has 3 rings (SSSR count). The fourth-order valence-electron chi connectivity index (χ4n) is 3.37. The third kappa shape index (κ3) is 2.36. The Labute approximate surface area is 114 Å². The molecule has 2 fully saturated rings. The fraction of sp³-hybridized carbons (Fsp3) is 0.615. The molecule has 4 nitrogen and oxygen atoms in total. The van der Waals surface area contributed by atoms with Crippen molar-refractivity contribution in [2.24, 2.45) is 11.3 Å². The monoisotopic (exact) mass is 285 g/mol. The lowest BCUT2D eigenvalue weighted by atomic mass is 9.57. The molecule has 20 heavy (non-hydrogen) atoms. The van der Waals surface area contributed by atoms with Gasteiger partial charge in [-0.15, -0.1) is 5.10 Å². The number of likely N-dealkylation sites (tertiary alicyclic amines) is 1. The van der Waals surface area contributed by atoms with Crippen LogP contribution in [-0.2, 0) is 17.4 Å². The SMILES string of the molecule is O=CN1CC2(CC(Cc3ccc(C(F)(F)F)nn3)C2)C1. The number of hydrogen-bond donors (Lipinski definition) is 0. The molecule has 1 aromatic rings. The molecule has 2 aliphatic rings. The minimum Gasteiger partial charge on any atom is -0.344 e. The van der Waals surface area contributed by atoms with Crippen LogP contribution in [0.25, 0.3) is 0 Å². The Morgan fingerprint density at radius 3 is 2.50 bits per heavy atom. The first-order chi connectivity index (χ1) is 9.40. The molecule has 0 N–H and O–H groups in total. The van der Waals surface area contributed by atoms with Crippen LogP contribution in [0.3, 0.4) is 0 Å². The van der Waals surface area contributed by atoms with E-state index in [1.54, 1.807) is 4.90 Å². The van der Waals surface area contributed by atoms with Gasteiger partial charge in [0.2, 0.25) is 6.41 Å². The molecule has 0 aromatic carbocycles. The van der Waals surface area contributed by atoms with Crippen molar-refractivity contribution in [3.63, 3.8) is 0 Å². The molecule has 2 heterocycles.